The summed E-state index contributed by atoms with van der Waals surface area (Å²) in [5.41, 5.74) is 4.35. The second kappa shape index (κ2) is 5.10. The Hall–Kier alpha value is -2.00. The summed E-state index contributed by atoms with van der Waals surface area (Å²) in [7, 11) is -4.33. The van der Waals surface area contributed by atoms with E-state index in [0.29, 0.717) is 12.1 Å². The van der Waals surface area contributed by atoms with E-state index < -0.39 is 44.7 Å². The number of nitrogens with two attached hydrogens (primary N) is 1. The Bertz CT molecular complexity index is 599. The van der Waals surface area contributed by atoms with Crippen molar-refractivity contribution in [1.29, 1.82) is 0 Å². The van der Waals surface area contributed by atoms with Gasteiger partial charge in [-0.05, 0) is 18.2 Å². The molecule has 7 nitrogen and oxygen atoms in total. The summed E-state index contributed by atoms with van der Waals surface area (Å²) >= 11 is 0. The van der Waals surface area contributed by atoms with E-state index in [0.717, 1.165) is 6.07 Å². The Balaban J connectivity index is 3.18. The highest BCUT2D eigenvalue weighted by Crippen LogP contribution is 2.16. The number of hydrogen-bond acceptors (Lipinski definition) is 4. The molecule has 0 radical (unpaired) electrons. The lowest BCUT2D eigenvalue weighted by Gasteiger charge is -2.06. The van der Waals surface area contributed by atoms with Gasteiger partial charge in [-0.1, -0.05) is 0 Å². The molecule has 4 N–H and O–H groups in total. The first kappa shape index (κ1) is 14.1. The summed E-state index contributed by atoms with van der Waals surface area (Å²) in [6, 6.07) is 2.29. The van der Waals surface area contributed by atoms with Crippen molar-refractivity contribution in [3.8, 4) is 0 Å². The molecule has 0 aliphatic rings. The van der Waals surface area contributed by atoms with E-state index in [9.17, 15) is 22.4 Å². The lowest BCUT2D eigenvalue weighted by molar-refractivity contribution is -0.116. The van der Waals surface area contributed by atoms with Crippen LogP contribution in [0.4, 0.5) is 4.39 Å². The van der Waals surface area contributed by atoms with Gasteiger partial charge in [0.05, 0.1) is 12.1 Å². The Morgan fingerprint density at radius 2 is 2.00 bits per heavy atom. The predicted octanol–water partition coefficient (Wildman–Crippen LogP) is -0.713. The van der Waals surface area contributed by atoms with Gasteiger partial charge in [-0.3, -0.25) is 4.79 Å². The van der Waals surface area contributed by atoms with E-state index in [1.165, 1.54) is 0 Å². The molecular formula is C9H9FN2O5S. The third kappa shape index (κ3) is 3.25. The van der Waals surface area contributed by atoms with Crippen LogP contribution in [-0.2, 0) is 14.8 Å². The van der Waals surface area contributed by atoms with E-state index in [1.807, 2.05) is 0 Å². The Labute approximate surface area is 101 Å². The molecule has 0 unspecified atom stereocenters. The van der Waals surface area contributed by atoms with Gasteiger partial charge in [0.1, 0.15) is 10.7 Å². The molecule has 1 aromatic carbocycles. The van der Waals surface area contributed by atoms with Gasteiger partial charge in [0.15, 0.2) is 0 Å². The molecule has 0 aromatic heterocycles. The molecule has 9 heteroatoms. The number of hydrogen-bond donors (Lipinski definition) is 3. The van der Waals surface area contributed by atoms with Gasteiger partial charge in [0, 0.05) is 0 Å². The standard InChI is InChI=1S/C9H9FN2O5S/c10-6-2-1-5(9(14)15)3-7(6)18(16,17)12-4-8(11)13/h1-3,12H,4H2,(H2,11,13)(H,14,15). The number of carbonyl (C=O) groups is 2. The molecule has 0 aliphatic heterocycles. The number of benzene rings is 1. The Morgan fingerprint density at radius 1 is 1.39 bits per heavy atom. The quantitative estimate of drug-likeness (QED) is 0.654. The number of sulfonamides is 1. The fourth-order valence-corrected chi connectivity index (χ4v) is 2.18. The first-order valence-corrected chi connectivity index (χ1v) is 6.03. The number of carbonyl (C=O) groups excluding carboxylic acids is 1. The minimum atomic E-state index is -4.33. The number of amides is 1. The summed E-state index contributed by atoms with van der Waals surface area (Å²) in [5, 5.41) is 8.67. The molecular weight excluding hydrogens is 267 g/mol. The van der Waals surface area contributed by atoms with Crippen molar-refractivity contribution in [2.24, 2.45) is 5.73 Å². The number of carboxylic acids is 1. The van der Waals surface area contributed by atoms with Crippen LogP contribution < -0.4 is 10.5 Å². The number of primary amides is 1. The van der Waals surface area contributed by atoms with E-state index in [4.69, 9.17) is 10.8 Å². The van der Waals surface area contributed by atoms with Gasteiger partial charge in [-0.25, -0.2) is 22.3 Å². The third-order valence-electron chi connectivity index (χ3n) is 1.90. The minimum absolute atomic E-state index is 0.393. The van der Waals surface area contributed by atoms with Crippen LogP contribution in [0.2, 0.25) is 0 Å². The molecule has 0 aliphatic carbocycles. The molecule has 1 rings (SSSR count). The number of halogens is 1. The molecule has 1 aromatic rings. The molecule has 18 heavy (non-hydrogen) atoms. The Morgan fingerprint density at radius 3 is 2.50 bits per heavy atom. The number of nitrogens with one attached hydrogen (secondary N) is 1. The topological polar surface area (TPSA) is 127 Å². The third-order valence-corrected chi connectivity index (χ3v) is 3.32. The smallest absolute Gasteiger partial charge is 0.335 e. The van der Waals surface area contributed by atoms with E-state index in [1.54, 1.807) is 4.72 Å². The van der Waals surface area contributed by atoms with E-state index in [2.05, 4.69) is 0 Å². The molecule has 98 valence electrons. The zero-order valence-corrected chi connectivity index (χ0v) is 9.70. The maximum Gasteiger partial charge on any atom is 0.335 e. The fourth-order valence-electron chi connectivity index (χ4n) is 1.09. The normalized spacial score (nSPS) is 11.2. The van der Waals surface area contributed by atoms with Gasteiger partial charge in [0.2, 0.25) is 15.9 Å². The van der Waals surface area contributed by atoms with Crippen molar-refractivity contribution in [1.82, 2.24) is 4.72 Å². The van der Waals surface area contributed by atoms with Crippen LogP contribution >= 0.6 is 0 Å². The highest BCUT2D eigenvalue weighted by molar-refractivity contribution is 7.89. The Kier molecular flexibility index (Phi) is 3.99. The summed E-state index contributed by atoms with van der Waals surface area (Å²) in [5.74, 6) is -3.48. The lowest BCUT2D eigenvalue weighted by atomic mass is 10.2. The zero-order chi connectivity index (χ0) is 13.9. The average Bonchev–Trinajstić information content (AvgIpc) is 2.26. The second-order valence-electron chi connectivity index (χ2n) is 3.24. The van der Waals surface area contributed by atoms with Crippen LogP contribution in [0.15, 0.2) is 23.1 Å². The van der Waals surface area contributed by atoms with Crippen LogP contribution in [0.3, 0.4) is 0 Å². The minimum Gasteiger partial charge on any atom is -0.478 e. The van der Waals surface area contributed by atoms with Gasteiger partial charge < -0.3 is 10.8 Å². The van der Waals surface area contributed by atoms with Gasteiger partial charge in [0.25, 0.3) is 0 Å². The van der Waals surface area contributed by atoms with E-state index in [-0.39, 0.29) is 0 Å². The first-order valence-electron chi connectivity index (χ1n) is 4.55. The highest BCUT2D eigenvalue weighted by atomic mass is 32.2. The summed E-state index contributed by atoms with van der Waals surface area (Å²) in [6.45, 7) is -0.709. The lowest BCUT2D eigenvalue weighted by Crippen LogP contribution is -2.33. The van der Waals surface area contributed by atoms with Crippen LogP contribution in [-0.4, -0.2) is 31.9 Å². The van der Waals surface area contributed by atoms with Gasteiger partial charge in [-0.15, -0.1) is 0 Å². The molecule has 0 saturated carbocycles. The molecule has 0 atom stereocenters. The van der Waals surface area contributed by atoms with Crippen LogP contribution in [0, 0.1) is 5.82 Å². The van der Waals surface area contributed by atoms with Crippen molar-refractivity contribution < 1.29 is 27.5 Å². The number of aromatic carboxylic acids is 1. The number of carboxylic acid groups (broad SMARTS) is 1. The van der Waals surface area contributed by atoms with Crippen LogP contribution in [0.1, 0.15) is 10.4 Å². The van der Waals surface area contributed by atoms with Crippen LogP contribution in [0.25, 0.3) is 0 Å². The molecule has 0 heterocycles. The van der Waals surface area contributed by atoms with Crippen molar-refractivity contribution in [2.75, 3.05) is 6.54 Å². The largest absolute Gasteiger partial charge is 0.478 e. The average molecular weight is 276 g/mol. The van der Waals surface area contributed by atoms with Gasteiger partial charge in [-0.2, -0.15) is 0 Å². The molecule has 0 spiro atoms. The summed E-state index contributed by atoms with van der Waals surface area (Å²) in [6.07, 6.45) is 0. The van der Waals surface area contributed by atoms with Crippen molar-refractivity contribution in [3.05, 3.63) is 29.6 Å². The second-order valence-corrected chi connectivity index (χ2v) is 4.98. The maximum atomic E-state index is 13.3. The molecule has 1 amide bonds. The zero-order valence-electron chi connectivity index (χ0n) is 8.88. The highest BCUT2D eigenvalue weighted by Gasteiger charge is 2.21. The summed E-state index contributed by atoms with van der Waals surface area (Å²) < 4.78 is 38.2. The van der Waals surface area contributed by atoms with Gasteiger partial charge >= 0.3 is 5.97 Å². The van der Waals surface area contributed by atoms with Crippen molar-refractivity contribution in [3.63, 3.8) is 0 Å². The maximum absolute atomic E-state index is 13.3. The predicted molar refractivity (Wildman–Crippen MR) is 57.7 cm³/mol. The van der Waals surface area contributed by atoms with Crippen molar-refractivity contribution >= 4 is 21.9 Å². The first-order chi connectivity index (χ1) is 8.24. The van der Waals surface area contributed by atoms with Crippen molar-refractivity contribution in [2.45, 2.75) is 4.90 Å². The van der Waals surface area contributed by atoms with Crippen LogP contribution in [0.5, 0.6) is 0 Å². The molecule has 0 bridgehead atoms. The molecule has 0 saturated heterocycles. The SMILES string of the molecule is NC(=O)CNS(=O)(=O)c1cc(C(=O)O)ccc1F. The molecule has 0 fully saturated rings. The van der Waals surface area contributed by atoms with E-state index >= 15 is 0 Å². The summed E-state index contributed by atoms with van der Waals surface area (Å²) in [4.78, 5) is 20.2. The monoisotopic (exact) mass is 276 g/mol. The number of rotatable bonds is 5. The fraction of sp³-hybridized carbons (Fsp3) is 0.111.